The van der Waals surface area contributed by atoms with E-state index in [1.165, 1.54) is 0 Å². The molecule has 0 heterocycles. The van der Waals surface area contributed by atoms with E-state index in [2.05, 4.69) is 5.32 Å². The van der Waals surface area contributed by atoms with Gasteiger partial charge in [-0.2, -0.15) is 0 Å². The molecule has 0 aliphatic carbocycles. The zero-order valence-electron chi connectivity index (χ0n) is 5.65. The third kappa shape index (κ3) is 14200. The summed E-state index contributed by atoms with van der Waals surface area (Å²) < 4.78 is 0. The average molecular weight is 104 g/mol. The highest BCUT2D eigenvalue weighted by Crippen LogP contribution is 1.58. The molecule has 0 aromatic heterocycles. The second-order valence-electron chi connectivity index (χ2n) is 1.74. The number of hydrogen-bond donors (Lipinski definition) is 2. The van der Waals surface area contributed by atoms with Crippen LogP contribution in [0.2, 0.25) is 0 Å². The first-order valence-corrected chi connectivity index (χ1v) is 2.49. The lowest BCUT2D eigenvalue weighted by atomic mass is 10.5. The van der Waals surface area contributed by atoms with E-state index < -0.39 is 0 Å². The number of nitrogens with two attached hydrogens (primary N) is 1. The van der Waals surface area contributed by atoms with Crippen LogP contribution in [-0.2, 0) is 0 Å². The number of nitrogens with one attached hydrogen (secondary N) is 1. The predicted molar refractivity (Wildman–Crippen MR) is 34.3 cm³/mol. The highest BCUT2D eigenvalue weighted by Gasteiger charge is 1.67. The van der Waals surface area contributed by atoms with Gasteiger partial charge in [0.15, 0.2) is 0 Å². The van der Waals surface area contributed by atoms with Gasteiger partial charge in [0.05, 0.1) is 0 Å². The predicted octanol–water partition coefficient (Wildman–Crippen LogP) is 0.189. The molecule has 0 amide bonds. The molecule has 2 heteroatoms. The topological polar surface area (TPSA) is 38.0 Å². The number of hydrogen-bond acceptors (Lipinski definition) is 2. The Bertz CT molecular complexity index is 17.3. The zero-order chi connectivity index (χ0) is 6.28. The SMILES string of the molecule is CC(C)N.CNC. The molecule has 0 aliphatic rings. The van der Waals surface area contributed by atoms with Gasteiger partial charge in [0.1, 0.15) is 0 Å². The minimum atomic E-state index is 0.333. The molecule has 0 rings (SSSR count). The Balaban J connectivity index is 0. The monoisotopic (exact) mass is 104 g/mol. The van der Waals surface area contributed by atoms with E-state index in [1.54, 1.807) is 0 Å². The van der Waals surface area contributed by atoms with Gasteiger partial charge in [-0.3, -0.25) is 0 Å². The molecule has 0 bridgehead atoms. The first-order valence-electron chi connectivity index (χ1n) is 2.49. The minimum Gasteiger partial charge on any atom is -0.328 e. The quantitative estimate of drug-likeness (QED) is 0.460. The molecule has 0 aromatic rings. The average Bonchev–Trinajstić information content (AvgIpc) is 1.33. The van der Waals surface area contributed by atoms with E-state index >= 15 is 0 Å². The summed E-state index contributed by atoms with van der Waals surface area (Å²) in [5, 5.41) is 2.75. The summed E-state index contributed by atoms with van der Waals surface area (Å²) in [7, 11) is 3.75. The van der Waals surface area contributed by atoms with Crippen molar-refractivity contribution in [3.05, 3.63) is 0 Å². The molecule has 3 N–H and O–H groups in total. The van der Waals surface area contributed by atoms with Gasteiger partial charge >= 0.3 is 0 Å². The summed E-state index contributed by atoms with van der Waals surface area (Å²) in [6.45, 7) is 3.89. The summed E-state index contributed by atoms with van der Waals surface area (Å²) in [6, 6.07) is 0.333. The molecular formula is C5H16N2. The van der Waals surface area contributed by atoms with Gasteiger partial charge in [0, 0.05) is 0 Å². The molecule has 0 aromatic carbocycles. The Morgan fingerprint density at radius 3 is 1.29 bits per heavy atom. The molecule has 0 unspecified atom stereocenters. The fourth-order valence-electron chi connectivity index (χ4n) is 0. The largest absolute Gasteiger partial charge is 0.328 e. The second-order valence-corrected chi connectivity index (χ2v) is 1.74. The summed E-state index contributed by atoms with van der Waals surface area (Å²) in [5.74, 6) is 0. The van der Waals surface area contributed by atoms with Gasteiger partial charge in [-0.05, 0) is 20.1 Å². The van der Waals surface area contributed by atoms with Gasteiger partial charge < -0.3 is 11.1 Å². The maximum atomic E-state index is 5.11. The molecule has 0 radical (unpaired) electrons. The molecule has 2 nitrogen and oxygen atoms in total. The lowest BCUT2D eigenvalue weighted by molar-refractivity contribution is 0.834. The molecule has 0 saturated heterocycles. The molecule has 0 aliphatic heterocycles. The van der Waals surface area contributed by atoms with Crippen LogP contribution in [-0.4, -0.2) is 20.1 Å². The van der Waals surface area contributed by atoms with Crippen LogP contribution in [0.3, 0.4) is 0 Å². The highest BCUT2D eigenvalue weighted by molar-refractivity contribution is 4.32. The van der Waals surface area contributed by atoms with Crippen molar-refractivity contribution in [1.29, 1.82) is 0 Å². The molecular weight excluding hydrogens is 88.1 g/mol. The molecule has 0 atom stereocenters. The zero-order valence-corrected chi connectivity index (χ0v) is 5.65. The Morgan fingerprint density at radius 1 is 1.29 bits per heavy atom. The Morgan fingerprint density at radius 2 is 1.29 bits per heavy atom. The highest BCUT2D eigenvalue weighted by atomic mass is 14.7. The fraction of sp³-hybridized carbons (Fsp3) is 1.00. The van der Waals surface area contributed by atoms with E-state index in [0.29, 0.717) is 6.04 Å². The normalized spacial score (nSPS) is 7.71. The lowest BCUT2D eigenvalue weighted by Crippen LogP contribution is -2.06. The van der Waals surface area contributed by atoms with Crippen molar-refractivity contribution >= 4 is 0 Å². The smallest absolute Gasteiger partial charge is 0.00179 e. The van der Waals surface area contributed by atoms with Crippen LogP contribution in [0.1, 0.15) is 13.8 Å². The second kappa shape index (κ2) is 9.33. The van der Waals surface area contributed by atoms with Crippen LogP contribution in [0.15, 0.2) is 0 Å². The van der Waals surface area contributed by atoms with Gasteiger partial charge in [-0.25, -0.2) is 0 Å². The van der Waals surface area contributed by atoms with Gasteiger partial charge in [0.2, 0.25) is 0 Å². The Kier molecular flexibility index (Phi) is 13.3. The molecule has 46 valence electrons. The summed E-state index contributed by atoms with van der Waals surface area (Å²) in [4.78, 5) is 0. The van der Waals surface area contributed by atoms with Crippen molar-refractivity contribution in [2.24, 2.45) is 5.73 Å². The van der Waals surface area contributed by atoms with E-state index in [1.807, 2.05) is 27.9 Å². The summed E-state index contributed by atoms with van der Waals surface area (Å²) >= 11 is 0. The lowest BCUT2D eigenvalue weighted by Gasteiger charge is -1.81. The van der Waals surface area contributed by atoms with E-state index in [9.17, 15) is 0 Å². The molecule has 0 spiro atoms. The van der Waals surface area contributed by atoms with Crippen molar-refractivity contribution in [2.75, 3.05) is 14.1 Å². The van der Waals surface area contributed by atoms with Crippen molar-refractivity contribution in [1.82, 2.24) is 5.32 Å². The van der Waals surface area contributed by atoms with Crippen LogP contribution in [0.4, 0.5) is 0 Å². The van der Waals surface area contributed by atoms with Crippen molar-refractivity contribution in [2.45, 2.75) is 19.9 Å². The summed E-state index contributed by atoms with van der Waals surface area (Å²) in [5.41, 5.74) is 5.11. The van der Waals surface area contributed by atoms with Crippen molar-refractivity contribution in [3.8, 4) is 0 Å². The third-order valence-corrected chi connectivity index (χ3v) is 0. The fourth-order valence-corrected chi connectivity index (χ4v) is 0. The van der Waals surface area contributed by atoms with Gasteiger partial charge in [-0.1, -0.05) is 13.8 Å². The van der Waals surface area contributed by atoms with E-state index in [4.69, 9.17) is 5.73 Å². The first kappa shape index (κ1) is 10.0. The molecule has 0 fully saturated rings. The molecule has 7 heavy (non-hydrogen) atoms. The standard InChI is InChI=1S/C3H9N.C2H7N/c1-3(2)4;1-3-2/h3H,4H2,1-2H3;3H,1-2H3. The van der Waals surface area contributed by atoms with Crippen molar-refractivity contribution < 1.29 is 0 Å². The van der Waals surface area contributed by atoms with Gasteiger partial charge in [0.25, 0.3) is 0 Å². The van der Waals surface area contributed by atoms with Crippen LogP contribution >= 0.6 is 0 Å². The maximum absolute atomic E-state index is 5.11. The van der Waals surface area contributed by atoms with Crippen molar-refractivity contribution in [3.63, 3.8) is 0 Å². The van der Waals surface area contributed by atoms with Crippen LogP contribution in [0.25, 0.3) is 0 Å². The van der Waals surface area contributed by atoms with E-state index in [0.717, 1.165) is 0 Å². The van der Waals surface area contributed by atoms with Crippen LogP contribution in [0, 0.1) is 0 Å². The summed E-state index contributed by atoms with van der Waals surface area (Å²) in [6.07, 6.45) is 0. The first-order chi connectivity index (χ1) is 3.15. The molecule has 0 saturated carbocycles. The Hall–Kier alpha value is -0.0800. The van der Waals surface area contributed by atoms with Crippen LogP contribution in [0.5, 0.6) is 0 Å². The van der Waals surface area contributed by atoms with Gasteiger partial charge in [-0.15, -0.1) is 0 Å². The maximum Gasteiger partial charge on any atom is -0.00179 e. The Labute approximate surface area is 46.1 Å². The number of rotatable bonds is 0. The minimum absolute atomic E-state index is 0.333. The third-order valence-electron chi connectivity index (χ3n) is 0. The van der Waals surface area contributed by atoms with E-state index in [-0.39, 0.29) is 0 Å². The van der Waals surface area contributed by atoms with Crippen LogP contribution < -0.4 is 11.1 Å².